The fourth-order valence-electron chi connectivity index (χ4n) is 1.72. The number of methoxy groups -OCH3 is 1. The lowest BCUT2D eigenvalue weighted by molar-refractivity contribution is -0.167. The smallest absolute Gasteiger partial charge is 0.410 e. The standard InChI is InChI=1S/C12H17F2NO5/c1-11(2,3)20-10(18)15-5-7(13)8(16)12(14,6-15)9(17)19-4/h7H,5-6H2,1-4H3/t7-,12+/m0/s1. The maximum Gasteiger partial charge on any atom is 0.410 e. The minimum Gasteiger partial charge on any atom is -0.466 e. The summed E-state index contributed by atoms with van der Waals surface area (Å²) < 4.78 is 37.0. The number of carbonyl (C=O) groups excluding carboxylic acids is 3. The van der Waals surface area contributed by atoms with E-state index in [-0.39, 0.29) is 0 Å². The molecule has 114 valence electrons. The highest BCUT2D eigenvalue weighted by molar-refractivity contribution is 6.10. The van der Waals surface area contributed by atoms with Gasteiger partial charge >= 0.3 is 12.1 Å². The third-order valence-electron chi connectivity index (χ3n) is 2.63. The van der Waals surface area contributed by atoms with E-state index >= 15 is 0 Å². The number of amides is 1. The molecule has 1 heterocycles. The fourth-order valence-corrected chi connectivity index (χ4v) is 1.72. The zero-order valence-electron chi connectivity index (χ0n) is 11.7. The minimum atomic E-state index is -3.21. The van der Waals surface area contributed by atoms with Crippen LogP contribution in [0.2, 0.25) is 0 Å². The molecule has 0 aromatic rings. The van der Waals surface area contributed by atoms with Crippen LogP contribution >= 0.6 is 0 Å². The molecule has 0 aromatic heterocycles. The van der Waals surface area contributed by atoms with Gasteiger partial charge < -0.3 is 14.4 Å². The van der Waals surface area contributed by atoms with E-state index in [9.17, 15) is 23.2 Å². The number of halogens is 2. The minimum absolute atomic E-state index is 0.647. The Morgan fingerprint density at radius 2 is 1.95 bits per heavy atom. The van der Waals surface area contributed by atoms with Crippen LogP contribution in [0.25, 0.3) is 0 Å². The number of hydrogen-bond donors (Lipinski definition) is 0. The van der Waals surface area contributed by atoms with Gasteiger partial charge in [0.1, 0.15) is 5.60 Å². The summed E-state index contributed by atoms with van der Waals surface area (Å²) in [7, 11) is 0.872. The Morgan fingerprint density at radius 3 is 2.40 bits per heavy atom. The maximum absolute atomic E-state index is 14.3. The Hall–Kier alpha value is -1.73. The van der Waals surface area contributed by atoms with E-state index in [1.54, 1.807) is 20.8 Å². The van der Waals surface area contributed by atoms with Gasteiger partial charge in [0.25, 0.3) is 5.67 Å². The van der Waals surface area contributed by atoms with Gasteiger partial charge in [0.05, 0.1) is 20.2 Å². The van der Waals surface area contributed by atoms with Crippen molar-refractivity contribution in [2.24, 2.45) is 0 Å². The van der Waals surface area contributed by atoms with E-state index in [0.717, 1.165) is 7.11 Å². The molecule has 0 spiro atoms. The van der Waals surface area contributed by atoms with E-state index in [2.05, 4.69) is 4.74 Å². The number of rotatable bonds is 1. The molecular formula is C12H17F2NO5. The Labute approximate surface area is 115 Å². The lowest BCUT2D eigenvalue weighted by Crippen LogP contribution is -2.63. The van der Waals surface area contributed by atoms with Crippen molar-refractivity contribution in [3.63, 3.8) is 0 Å². The monoisotopic (exact) mass is 293 g/mol. The van der Waals surface area contributed by atoms with Crippen LogP contribution in [-0.2, 0) is 19.1 Å². The summed E-state index contributed by atoms with van der Waals surface area (Å²) >= 11 is 0. The van der Waals surface area contributed by atoms with Crippen molar-refractivity contribution >= 4 is 17.8 Å². The molecule has 1 amide bonds. The van der Waals surface area contributed by atoms with Crippen molar-refractivity contribution in [3.05, 3.63) is 0 Å². The van der Waals surface area contributed by atoms with Crippen LogP contribution in [0.4, 0.5) is 13.6 Å². The van der Waals surface area contributed by atoms with Crippen LogP contribution in [0.15, 0.2) is 0 Å². The van der Waals surface area contributed by atoms with Gasteiger partial charge in [-0.25, -0.2) is 18.4 Å². The topological polar surface area (TPSA) is 72.9 Å². The number of carbonyl (C=O) groups is 3. The lowest BCUT2D eigenvalue weighted by Gasteiger charge is -2.36. The number of piperidine rings is 1. The summed E-state index contributed by atoms with van der Waals surface area (Å²) in [5.41, 5.74) is -4.07. The van der Waals surface area contributed by atoms with Crippen molar-refractivity contribution in [2.45, 2.75) is 38.2 Å². The van der Waals surface area contributed by atoms with Gasteiger partial charge in [-0.3, -0.25) is 4.79 Å². The number of nitrogens with zero attached hydrogens (tertiary/aromatic N) is 1. The predicted molar refractivity (Wildman–Crippen MR) is 63.6 cm³/mol. The first kappa shape index (κ1) is 16.3. The molecule has 6 nitrogen and oxygen atoms in total. The van der Waals surface area contributed by atoms with E-state index in [1.807, 2.05) is 0 Å². The Balaban J connectivity index is 2.95. The molecule has 0 aromatic carbocycles. The van der Waals surface area contributed by atoms with Gasteiger partial charge in [0.2, 0.25) is 5.78 Å². The molecule has 1 saturated heterocycles. The van der Waals surface area contributed by atoms with Gasteiger partial charge in [-0.2, -0.15) is 0 Å². The number of hydrogen-bond acceptors (Lipinski definition) is 5. The number of alkyl halides is 2. The van der Waals surface area contributed by atoms with Crippen molar-refractivity contribution in [1.82, 2.24) is 4.90 Å². The van der Waals surface area contributed by atoms with Crippen LogP contribution in [0.1, 0.15) is 20.8 Å². The molecular weight excluding hydrogens is 276 g/mol. The number of esters is 1. The zero-order chi connectivity index (χ0) is 15.7. The second kappa shape index (κ2) is 5.34. The fraction of sp³-hybridized carbons (Fsp3) is 0.750. The third kappa shape index (κ3) is 3.23. The first-order valence-corrected chi connectivity index (χ1v) is 5.95. The van der Waals surface area contributed by atoms with Crippen LogP contribution in [-0.4, -0.2) is 60.4 Å². The Bertz CT molecular complexity index is 434. The van der Waals surface area contributed by atoms with Gasteiger partial charge in [-0.15, -0.1) is 0 Å². The highest BCUT2D eigenvalue weighted by Gasteiger charge is 2.57. The number of ketones is 1. The molecule has 0 bridgehead atoms. The number of ether oxygens (including phenoxy) is 2. The quantitative estimate of drug-likeness (QED) is 0.533. The normalized spacial score (nSPS) is 27.2. The van der Waals surface area contributed by atoms with Crippen molar-refractivity contribution in [2.75, 3.05) is 20.2 Å². The summed E-state index contributed by atoms with van der Waals surface area (Å²) in [6, 6.07) is 0. The van der Waals surface area contributed by atoms with E-state index in [1.165, 1.54) is 0 Å². The zero-order valence-corrected chi connectivity index (χ0v) is 11.7. The Kier molecular flexibility index (Phi) is 4.36. The average Bonchev–Trinajstić information content (AvgIpc) is 2.32. The second-order valence-corrected chi connectivity index (χ2v) is 5.49. The van der Waals surface area contributed by atoms with Gasteiger partial charge in [-0.05, 0) is 20.8 Å². The molecule has 2 atom stereocenters. The SMILES string of the molecule is COC(=O)[C@@]1(F)CN(C(=O)OC(C)(C)C)C[C@H](F)C1=O. The molecule has 0 radical (unpaired) electrons. The molecule has 1 aliphatic rings. The molecule has 1 rings (SSSR count). The summed E-state index contributed by atoms with van der Waals surface area (Å²) in [6.07, 6.45) is -3.31. The maximum atomic E-state index is 14.3. The molecule has 20 heavy (non-hydrogen) atoms. The van der Waals surface area contributed by atoms with Crippen LogP contribution in [0, 0.1) is 0 Å². The summed E-state index contributed by atoms with van der Waals surface area (Å²) in [4.78, 5) is 35.2. The first-order valence-electron chi connectivity index (χ1n) is 5.95. The van der Waals surface area contributed by atoms with Crippen LogP contribution < -0.4 is 0 Å². The molecule has 1 fully saturated rings. The number of Topliss-reactive ketones (excluding diaryl/α,β-unsaturated/α-hetero) is 1. The largest absolute Gasteiger partial charge is 0.466 e. The average molecular weight is 293 g/mol. The molecule has 0 aliphatic carbocycles. The van der Waals surface area contributed by atoms with Crippen molar-refractivity contribution in [1.29, 1.82) is 0 Å². The molecule has 0 saturated carbocycles. The molecule has 1 aliphatic heterocycles. The molecule has 8 heteroatoms. The molecule has 0 N–H and O–H groups in total. The van der Waals surface area contributed by atoms with Crippen LogP contribution in [0.3, 0.4) is 0 Å². The Morgan fingerprint density at radius 1 is 1.40 bits per heavy atom. The summed E-state index contributed by atoms with van der Waals surface area (Å²) in [6.45, 7) is 3.16. The van der Waals surface area contributed by atoms with Crippen molar-refractivity contribution in [3.8, 4) is 0 Å². The first-order chi connectivity index (χ1) is 9.01. The van der Waals surface area contributed by atoms with Gasteiger partial charge in [0, 0.05) is 0 Å². The third-order valence-corrected chi connectivity index (χ3v) is 2.63. The van der Waals surface area contributed by atoms with E-state index in [4.69, 9.17) is 4.74 Å². The van der Waals surface area contributed by atoms with Gasteiger partial charge in [-0.1, -0.05) is 0 Å². The highest BCUT2D eigenvalue weighted by Crippen LogP contribution is 2.26. The summed E-state index contributed by atoms with van der Waals surface area (Å²) in [5, 5.41) is 0. The summed E-state index contributed by atoms with van der Waals surface area (Å²) in [5.74, 6) is -3.07. The van der Waals surface area contributed by atoms with Gasteiger partial charge in [0.15, 0.2) is 6.17 Å². The lowest BCUT2D eigenvalue weighted by atomic mass is 9.92. The van der Waals surface area contributed by atoms with Crippen molar-refractivity contribution < 1.29 is 32.6 Å². The predicted octanol–water partition coefficient (Wildman–Crippen LogP) is 1.03. The highest BCUT2D eigenvalue weighted by atomic mass is 19.2. The second-order valence-electron chi connectivity index (χ2n) is 5.49. The van der Waals surface area contributed by atoms with E-state index < -0.39 is 48.4 Å². The number of likely N-dealkylation sites (tertiary alicyclic amines) is 1. The van der Waals surface area contributed by atoms with E-state index in [0.29, 0.717) is 4.90 Å². The van der Waals surface area contributed by atoms with Crippen LogP contribution in [0.5, 0.6) is 0 Å². The molecule has 0 unspecified atom stereocenters.